The minimum atomic E-state index is -0.134. The van der Waals surface area contributed by atoms with Gasteiger partial charge < -0.3 is 15.3 Å². The van der Waals surface area contributed by atoms with E-state index in [4.69, 9.17) is 0 Å². The first kappa shape index (κ1) is 31.6. The Labute approximate surface area is 243 Å². The molecule has 0 bridgehead atoms. The smallest absolute Gasteiger partial charge is 0.119 e. The Morgan fingerprint density at radius 1 is 0.500 bits per heavy atom. The summed E-state index contributed by atoms with van der Waals surface area (Å²) in [6.07, 6.45) is 3.83. The van der Waals surface area contributed by atoms with Crippen LogP contribution < -0.4 is 0 Å². The van der Waals surface area contributed by atoms with Crippen molar-refractivity contribution in [1.82, 2.24) is 0 Å². The molecule has 3 aromatic carbocycles. The lowest BCUT2D eigenvalue weighted by Gasteiger charge is -2.26. The van der Waals surface area contributed by atoms with Gasteiger partial charge in [0.1, 0.15) is 17.2 Å². The fourth-order valence-electron chi connectivity index (χ4n) is 5.89. The predicted molar refractivity (Wildman–Crippen MR) is 169 cm³/mol. The van der Waals surface area contributed by atoms with Crippen LogP contribution in [0.15, 0.2) is 54.6 Å². The Hall–Kier alpha value is -2.94. The van der Waals surface area contributed by atoms with E-state index in [1.54, 1.807) is 0 Å². The van der Waals surface area contributed by atoms with Crippen molar-refractivity contribution in [3.8, 4) is 17.2 Å². The second-order valence-electron chi connectivity index (χ2n) is 15.1. The third-order valence-electron chi connectivity index (χ3n) is 7.98. The molecule has 3 rings (SSSR count). The van der Waals surface area contributed by atoms with Crippen molar-refractivity contribution < 1.29 is 15.3 Å². The van der Waals surface area contributed by atoms with Crippen LogP contribution in [0.25, 0.3) is 0 Å². The van der Waals surface area contributed by atoms with Crippen molar-refractivity contribution in [2.45, 2.75) is 111 Å². The summed E-state index contributed by atoms with van der Waals surface area (Å²) in [6, 6.07) is 18.3. The van der Waals surface area contributed by atoms with Crippen LogP contribution in [0.3, 0.4) is 0 Å². The summed E-state index contributed by atoms with van der Waals surface area (Å²) in [5.41, 5.74) is 6.32. The van der Waals surface area contributed by atoms with Crippen LogP contribution in [0, 0.1) is 11.8 Å². The molecule has 218 valence electrons. The maximum absolute atomic E-state index is 10.5. The zero-order valence-corrected chi connectivity index (χ0v) is 26.5. The lowest BCUT2D eigenvalue weighted by molar-refractivity contribution is 0.381. The summed E-state index contributed by atoms with van der Waals surface area (Å²) in [5, 5.41) is 31.5. The first-order valence-electron chi connectivity index (χ1n) is 14.8. The molecule has 40 heavy (non-hydrogen) atoms. The number of phenols is 3. The van der Waals surface area contributed by atoms with E-state index in [1.165, 1.54) is 16.7 Å². The maximum Gasteiger partial charge on any atom is 0.119 e. The number of phenolic OH excluding ortho intramolecular Hbond substituents is 3. The average molecular weight is 545 g/mol. The van der Waals surface area contributed by atoms with Crippen LogP contribution in [0.5, 0.6) is 17.2 Å². The van der Waals surface area contributed by atoms with Crippen LogP contribution in [-0.2, 0) is 35.5 Å². The molecule has 3 N–H and O–H groups in total. The number of benzene rings is 3. The maximum atomic E-state index is 10.5. The zero-order chi connectivity index (χ0) is 30.0. The molecule has 0 fully saturated rings. The van der Waals surface area contributed by atoms with Gasteiger partial charge in [-0.25, -0.2) is 0 Å². The minimum absolute atomic E-state index is 0.112. The molecule has 1 atom stereocenters. The number of hydrogen-bond acceptors (Lipinski definition) is 3. The van der Waals surface area contributed by atoms with Gasteiger partial charge in [-0.1, -0.05) is 106 Å². The molecule has 0 spiro atoms. The third-order valence-corrected chi connectivity index (χ3v) is 7.98. The average Bonchev–Trinajstić information content (AvgIpc) is 2.80. The van der Waals surface area contributed by atoms with Gasteiger partial charge in [0.05, 0.1) is 0 Å². The summed E-state index contributed by atoms with van der Waals surface area (Å²) in [7, 11) is 0. The Morgan fingerprint density at radius 2 is 0.800 bits per heavy atom. The Kier molecular flexibility index (Phi) is 9.39. The number of aromatic hydroxyl groups is 3. The van der Waals surface area contributed by atoms with Gasteiger partial charge in [0, 0.05) is 0 Å². The molecule has 0 saturated heterocycles. The van der Waals surface area contributed by atoms with Crippen molar-refractivity contribution in [2.75, 3.05) is 0 Å². The van der Waals surface area contributed by atoms with Gasteiger partial charge in [-0.05, 0) is 105 Å². The van der Waals surface area contributed by atoms with Gasteiger partial charge >= 0.3 is 0 Å². The van der Waals surface area contributed by atoms with E-state index in [0.717, 1.165) is 42.4 Å². The normalized spacial score (nSPS) is 13.6. The van der Waals surface area contributed by atoms with Crippen molar-refractivity contribution in [3.05, 3.63) is 88.0 Å². The van der Waals surface area contributed by atoms with Gasteiger partial charge in [-0.2, -0.15) is 0 Å². The van der Waals surface area contributed by atoms with Crippen LogP contribution >= 0.6 is 0 Å². The molecule has 3 heteroatoms. The highest BCUT2D eigenvalue weighted by Crippen LogP contribution is 2.36. The quantitative estimate of drug-likeness (QED) is 0.265. The van der Waals surface area contributed by atoms with E-state index in [2.05, 4.69) is 106 Å². The topological polar surface area (TPSA) is 60.7 Å². The van der Waals surface area contributed by atoms with E-state index < -0.39 is 0 Å². The molecule has 0 saturated carbocycles. The van der Waals surface area contributed by atoms with E-state index in [1.807, 2.05) is 18.2 Å². The van der Waals surface area contributed by atoms with Crippen molar-refractivity contribution in [2.24, 2.45) is 11.8 Å². The molecule has 3 aromatic rings. The summed E-state index contributed by atoms with van der Waals surface area (Å²) >= 11 is 0. The molecule has 1 unspecified atom stereocenters. The lowest BCUT2D eigenvalue weighted by Crippen LogP contribution is -2.17. The lowest BCUT2D eigenvalue weighted by atomic mass is 9.79. The Bertz CT molecular complexity index is 1230. The summed E-state index contributed by atoms with van der Waals surface area (Å²) < 4.78 is 0. The first-order valence-corrected chi connectivity index (χ1v) is 14.8. The zero-order valence-electron chi connectivity index (χ0n) is 26.5. The molecular weight excluding hydrogens is 492 g/mol. The highest BCUT2D eigenvalue weighted by molar-refractivity contribution is 5.43. The molecule has 0 radical (unpaired) electrons. The summed E-state index contributed by atoms with van der Waals surface area (Å²) in [4.78, 5) is 0. The fourth-order valence-corrected chi connectivity index (χ4v) is 5.89. The SMILES string of the molecule is CC(Cc1ccc(O)c(C(C)(C)C)c1)CC(Cc1ccc(O)c(C(C)(C)C)c1)Cc1ccc(O)c(C(C)(C)C)c1. The van der Waals surface area contributed by atoms with Gasteiger partial charge in [0.15, 0.2) is 0 Å². The Morgan fingerprint density at radius 3 is 1.10 bits per heavy atom. The van der Waals surface area contributed by atoms with E-state index in [9.17, 15) is 15.3 Å². The minimum Gasteiger partial charge on any atom is -0.508 e. The van der Waals surface area contributed by atoms with Crippen molar-refractivity contribution in [3.63, 3.8) is 0 Å². The van der Waals surface area contributed by atoms with E-state index in [0.29, 0.717) is 29.1 Å². The molecule has 0 aliphatic carbocycles. The molecule has 0 aliphatic heterocycles. The highest BCUT2D eigenvalue weighted by atomic mass is 16.3. The molecule has 0 amide bonds. The van der Waals surface area contributed by atoms with E-state index >= 15 is 0 Å². The first-order chi connectivity index (χ1) is 18.3. The highest BCUT2D eigenvalue weighted by Gasteiger charge is 2.24. The Balaban J connectivity index is 1.91. The van der Waals surface area contributed by atoms with Crippen LogP contribution in [0.1, 0.15) is 109 Å². The van der Waals surface area contributed by atoms with Crippen LogP contribution in [0.2, 0.25) is 0 Å². The monoisotopic (exact) mass is 544 g/mol. The molecule has 3 nitrogen and oxygen atoms in total. The fraction of sp³-hybridized carbons (Fsp3) is 0.514. The van der Waals surface area contributed by atoms with Crippen LogP contribution in [-0.4, -0.2) is 15.3 Å². The van der Waals surface area contributed by atoms with Gasteiger partial charge in [0.25, 0.3) is 0 Å². The molecule has 0 heterocycles. The van der Waals surface area contributed by atoms with Crippen molar-refractivity contribution >= 4 is 0 Å². The molecule has 0 aliphatic rings. The second-order valence-corrected chi connectivity index (χ2v) is 15.1. The molecular formula is C37H52O3. The summed E-state index contributed by atoms with van der Waals surface area (Å²) in [5.74, 6) is 1.92. The van der Waals surface area contributed by atoms with Gasteiger partial charge in [-0.15, -0.1) is 0 Å². The predicted octanol–water partition coefficient (Wildman–Crippen LogP) is 9.37. The second kappa shape index (κ2) is 11.9. The largest absolute Gasteiger partial charge is 0.508 e. The number of hydrogen-bond donors (Lipinski definition) is 3. The third kappa shape index (κ3) is 8.29. The van der Waals surface area contributed by atoms with Gasteiger partial charge in [0.2, 0.25) is 0 Å². The summed E-state index contributed by atoms with van der Waals surface area (Å²) in [6.45, 7) is 21.6. The standard InChI is InChI=1S/C37H52O3/c1-24(17-25-11-14-32(38)29(21-25)35(2,3)4)18-28(19-26-12-15-33(39)30(22-26)36(5,6)7)20-27-13-16-34(40)31(23-27)37(8,9)10/h11-16,21-24,28,38-40H,17-20H2,1-10H3. The molecule has 0 aromatic heterocycles. The van der Waals surface area contributed by atoms with Crippen molar-refractivity contribution in [1.29, 1.82) is 0 Å². The number of rotatable bonds is 8. The van der Waals surface area contributed by atoms with E-state index in [-0.39, 0.29) is 16.2 Å². The van der Waals surface area contributed by atoms with Crippen LogP contribution in [0.4, 0.5) is 0 Å². The van der Waals surface area contributed by atoms with Gasteiger partial charge in [-0.3, -0.25) is 0 Å².